The molecule has 3 rings (SSSR count). The lowest BCUT2D eigenvalue weighted by Crippen LogP contribution is -2.52. The van der Waals surface area contributed by atoms with Gasteiger partial charge >= 0.3 is 0 Å². The van der Waals surface area contributed by atoms with Crippen LogP contribution in [0.25, 0.3) is 0 Å². The first-order valence-electron chi connectivity index (χ1n) is 9.50. The Labute approximate surface area is 188 Å². The summed E-state index contributed by atoms with van der Waals surface area (Å²) in [5.41, 5.74) is 7.40. The highest BCUT2D eigenvalue weighted by Gasteiger charge is 2.21. The van der Waals surface area contributed by atoms with Crippen LogP contribution in [0.15, 0.2) is 53.5 Å². The van der Waals surface area contributed by atoms with Crippen molar-refractivity contribution in [2.24, 2.45) is 10.7 Å². The minimum atomic E-state index is -0.443. The van der Waals surface area contributed by atoms with Crippen molar-refractivity contribution in [1.82, 2.24) is 10.2 Å². The normalized spacial score (nSPS) is 14.3. The van der Waals surface area contributed by atoms with Crippen molar-refractivity contribution in [3.05, 3.63) is 65.5 Å². The lowest BCUT2D eigenvalue weighted by Gasteiger charge is -2.37. The Kier molecular flexibility index (Phi) is 8.69. The third-order valence-corrected chi connectivity index (χ3v) is 4.73. The number of carbonyl (C=O) groups is 1. The summed E-state index contributed by atoms with van der Waals surface area (Å²) in [4.78, 5) is 20.3. The van der Waals surface area contributed by atoms with Gasteiger partial charge in [-0.1, -0.05) is 24.3 Å². The number of benzene rings is 2. The van der Waals surface area contributed by atoms with Gasteiger partial charge in [-0.2, -0.15) is 0 Å². The quantitative estimate of drug-likeness (QED) is 0.368. The first kappa shape index (κ1) is 22.9. The van der Waals surface area contributed by atoms with Crippen LogP contribution in [0.2, 0.25) is 0 Å². The molecule has 0 unspecified atom stereocenters. The van der Waals surface area contributed by atoms with Gasteiger partial charge in [0.05, 0.1) is 12.2 Å². The number of primary amides is 1. The lowest BCUT2D eigenvalue weighted by molar-refractivity contribution is 0.1000. The largest absolute Gasteiger partial charge is 0.366 e. The molecule has 1 amide bonds. The molecule has 0 aliphatic carbocycles. The number of carbonyl (C=O) groups excluding carboxylic acids is 1. The molecule has 1 saturated heterocycles. The van der Waals surface area contributed by atoms with E-state index in [0.29, 0.717) is 17.8 Å². The topological polar surface area (TPSA) is 74.0 Å². The highest BCUT2D eigenvalue weighted by Crippen LogP contribution is 2.20. The van der Waals surface area contributed by atoms with Gasteiger partial charge in [-0.05, 0) is 36.8 Å². The van der Waals surface area contributed by atoms with Crippen LogP contribution in [-0.4, -0.2) is 49.5 Å². The predicted molar refractivity (Wildman–Crippen MR) is 125 cm³/mol. The molecule has 156 valence electrons. The van der Waals surface area contributed by atoms with Crippen molar-refractivity contribution in [2.45, 2.75) is 13.5 Å². The van der Waals surface area contributed by atoms with Gasteiger partial charge in [0.15, 0.2) is 5.96 Å². The zero-order valence-electron chi connectivity index (χ0n) is 16.5. The molecule has 0 bridgehead atoms. The number of amides is 1. The first-order chi connectivity index (χ1) is 13.6. The fourth-order valence-electron chi connectivity index (χ4n) is 3.28. The Morgan fingerprint density at radius 1 is 1.14 bits per heavy atom. The summed E-state index contributed by atoms with van der Waals surface area (Å²) in [6.07, 6.45) is 0. The Bertz CT molecular complexity index is 852. The molecular formula is C21H27FIN5O. The van der Waals surface area contributed by atoms with Crippen molar-refractivity contribution in [3.63, 3.8) is 0 Å². The second kappa shape index (κ2) is 11.0. The van der Waals surface area contributed by atoms with Crippen LogP contribution in [0.3, 0.4) is 0 Å². The number of halogens is 2. The van der Waals surface area contributed by atoms with Crippen LogP contribution in [0.1, 0.15) is 22.8 Å². The van der Waals surface area contributed by atoms with E-state index in [0.717, 1.165) is 44.2 Å². The van der Waals surface area contributed by atoms with Crippen molar-refractivity contribution >= 4 is 41.5 Å². The Morgan fingerprint density at radius 3 is 2.52 bits per heavy atom. The fourth-order valence-corrected chi connectivity index (χ4v) is 3.28. The standard InChI is InChI=1S/C21H26FN5O.HI/c1-2-24-21(25-15-16-6-5-7-17(14-16)20(23)28)27-12-10-26(11-13-27)19-9-4-3-8-18(19)22;/h3-9,14H,2,10-13,15H2,1H3,(H2,23,28)(H,24,25);1H. The van der Waals surface area contributed by atoms with Gasteiger partial charge in [0.25, 0.3) is 0 Å². The number of para-hydroxylation sites is 1. The molecule has 29 heavy (non-hydrogen) atoms. The number of guanidine groups is 1. The highest BCUT2D eigenvalue weighted by molar-refractivity contribution is 14.0. The van der Waals surface area contributed by atoms with Gasteiger partial charge in [-0.3, -0.25) is 4.79 Å². The number of nitrogens with one attached hydrogen (secondary N) is 1. The zero-order chi connectivity index (χ0) is 19.9. The Balaban J connectivity index is 0.00000300. The first-order valence-corrected chi connectivity index (χ1v) is 9.50. The van der Waals surface area contributed by atoms with E-state index in [1.165, 1.54) is 6.07 Å². The number of nitrogens with zero attached hydrogens (tertiary/aromatic N) is 3. The summed E-state index contributed by atoms with van der Waals surface area (Å²) < 4.78 is 14.0. The van der Waals surface area contributed by atoms with E-state index in [1.807, 2.05) is 31.2 Å². The number of piperazine rings is 1. The van der Waals surface area contributed by atoms with Gasteiger partial charge in [0, 0.05) is 38.3 Å². The van der Waals surface area contributed by atoms with Gasteiger partial charge in [-0.15, -0.1) is 24.0 Å². The van der Waals surface area contributed by atoms with E-state index >= 15 is 0 Å². The number of aliphatic imine (C=N–C) groups is 1. The molecule has 2 aromatic carbocycles. The molecule has 6 nitrogen and oxygen atoms in total. The Hall–Kier alpha value is -2.36. The van der Waals surface area contributed by atoms with Crippen LogP contribution in [0, 0.1) is 5.82 Å². The molecule has 0 radical (unpaired) electrons. The molecule has 0 aromatic heterocycles. The molecule has 0 atom stereocenters. The van der Waals surface area contributed by atoms with E-state index < -0.39 is 5.91 Å². The second-order valence-electron chi connectivity index (χ2n) is 6.66. The maximum absolute atomic E-state index is 14.0. The number of rotatable bonds is 5. The summed E-state index contributed by atoms with van der Waals surface area (Å²) in [6, 6.07) is 14.1. The SMILES string of the molecule is CCNC(=NCc1cccc(C(N)=O)c1)N1CCN(c2ccccc2F)CC1.I. The van der Waals surface area contributed by atoms with Crippen molar-refractivity contribution < 1.29 is 9.18 Å². The number of hydrogen-bond donors (Lipinski definition) is 2. The molecule has 1 fully saturated rings. The number of nitrogens with two attached hydrogens (primary N) is 1. The van der Waals surface area contributed by atoms with E-state index in [-0.39, 0.29) is 29.8 Å². The highest BCUT2D eigenvalue weighted by atomic mass is 127. The number of hydrogen-bond acceptors (Lipinski definition) is 3. The summed E-state index contributed by atoms with van der Waals surface area (Å²) in [5, 5.41) is 3.32. The van der Waals surface area contributed by atoms with Crippen LogP contribution >= 0.6 is 24.0 Å². The minimum Gasteiger partial charge on any atom is -0.366 e. The van der Waals surface area contributed by atoms with Crippen LogP contribution in [-0.2, 0) is 6.54 Å². The number of anilines is 1. The average Bonchev–Trinajstić information content (AvgIpc) is 2.72. The van der Waals surface area contributed by atoms with Crippen LogP contribution < -0.4 is 16.0 Å². The lowest BCUT2D eigenvalue weighted by atomic mass is 10.1. The van der Waals surface area contributed by atoms with Crippen molar-refractivity contribution in [1.29, 1.82) is 0 Å². The van der Waals surface area contributed by atoms with Crippen molar-refractivity contribution in [3.8, 4) is 0 Å². The van der Waals surface area contributed by atoms with Gasteiger partial charge in [0.1, 0.15) is 5.82 Å². The third-order valence-electron chi connectivity index (χ3n) is 4.73. The molecule has 1 aliphatic heterocycles. The molecule has 1 heterocycles. The maximum Gasteiger partial charge on any atom is 0.248 e. The smallest absolute Gasteiger partial charge is 0.248 e. The van der Waals surface area contributed by atoms with E-state index in [9.17, 15) is 9.18 Å². The molecule has 2 aromatic rings. The van der Waals surface area contributed by atoms with E-state index in [4.69, 9.17) is 10.7 Å². The predicted octanol–water partition coefficient (Wildman–Crippen LogP) is 2.83. The van der Waals surface area contributed by atoms with E-state index in [2.05, 4.69) is 15.1 Å². The van der Waals surface area contributed by atoms with Gasteiger partial charge in [0.2, 0.25) is 5.91 Å². The van der Waals surface area contributed by atoms with Gasteiger partial charge < -0.3 is 20.9 Å². The second-order valence-corrected chi connectivity index (χ2v) is 6.66. The molecule has 0 spiro atoms. The summed E-state index contributed by atoms with van der Waals surface area (Å²) in [7, 11) is 0. The zero-order valence-corrected chi connectivity index (χ0v) is 18.8. The molecule has 8 heteroatoms. The van der Waals surface area contributed by atoms with Crippen LogP contribution in [0.4, 0.5) is 10.1 Å². The molecule has 0 saturated carbocycles. The summed E-state index contributed by atoms with van der Waals surface area (Å²) in [6.45, 7) is 6.19. The summed E-state index contributed by atoms with van der Waals surface area (Å²) >= 11 is 0. The molecule has 1 aliphatic rings. The average molecular weight is 511 g/mol. The Morgan fingerprint density at radius 2 is 1.86 bits per heavy atom. The van der Waals surface area contributed by atoms with E-state index in [1.54, 1.807) is 18.2 Å². The van der Waals surface area contributed by atoms with Crippen molar-refractivity contribution in [2.75, 3.05) is 37.6 Å². The minimum absolute atomic E-state index is 0. The van der Waals surface area contributed by atoms with Gasteiger partial charge in [-0.25, -0.2) is 9.38 Å². The fraction of sp³-hybridized carbons (Fsp3) is 0.333. The molecular weight excluding hydrogens is 484 g/mol. The molecule has 3 N–H and O–H groups in total. The monoisotopic (exact) mass is 511 g/mol. The maximum atomic E-state index is 14.0. The van der Waals surface area contributed by atoms with Crippen LogP contribution in [0.5, 0.6) is 0 Å². The third kappa shape index (κ3) is 6.06. The summed E-state index contributed by atoms with van der Waals surface area (Å²) in [5.74, 6) is 0.188.